The SMILES string of the molecule is CCCC(NC)c1ccn(Cc2cn(C)nn2)c1. The third-order valence-electron chi connectivity index (χ3n) is 3.10. The average Bonchev–Trinajstić information content (AvgIpc) is 2.96. The maximum Gasteiger partial charge on any atom is 0.102 e. The normalized spacial score (nSPS) is 12.8. The van der Waals surface area contributed by atoms with Gasteiger partial charge in [0.25, 0.3) is 0 Å². The van der Waals surface area contributed by atoms with E-state index in [9.17, 15) is 0 Å². The van der Waals surface area contributed by atoms with Crippen molar-refractivity contribution < 1.29 is 0 Å². The molecule has 5 heteroatoms. The summed E-state index contributed by atoms with van der Waals surface area (Å²) in [5.74, 6) is 0. The maximum absolute atomic E-state index is 4.10. The third kappa shape index (κ3) is 2.98. The van der Waals surface area contributed by atoms with E-state index in [1.165, 1.54) is 12.0 Å². The Hall–Kier alpha value is -1.62. The number of hydrogen-bond acceptors (Lipinski definition) is 3. The van der Waals surface area contributed by atoms with Gasteiger partial charge in [0, 0.05) is 31.7 Å². The predicted octanol–water partition coefficient (Wildman–Crippen LogP) is 1.73. The van der Waals surface area contributed by atoms with Gasteiger partial charge in [0.2, 0.25) is 0 Å². The van der Waals surface area contributed by atoms with Crippen molar-refractivity contribution in [2.45, 2.75) is 32.4 Å². The van der Waals surface area contributed by atoms with Crippen molar-refractivity contribution in [3.8, 4) is 0 Å². The number of nitrogens with one attached hydrogen (secondary N) is 1. The highest BCUT2D eigenvalue weighted by atomic mass is 15.4. The Kier molecular flexibility index (Phi) is 4.15. The first-order valence-corrected chi connectivity index (χ1v) is 6.41. The highest BCUT2D eigenvalue weighted by molar-refractivity contribution is 5.16. The van der Waals surface area contributed by atoms with Gasteiger partial charge in [-0.05, 0) is 25.1 Å². The van der Waals surface area contributed by atoms with Crippen molar-refractivity contribution >= 4 is 0 Å². The largest absolute Gasteiger partial charge is 0.348 e. The van der Waals surface area contributed by atoms with Crippen LogP contribution in [0.25, 0.3) is 0 Å². The summed E-state index contributed by atoms with van der Waals surface area (Å²) in [6, 6.07) is 2.62. The second-order valence-corrected chi connectivity index (χ2v) is 4.63. The molecule has 0 saturated heterocycles. The fourth-order valence-electron chi connectivity index (χ4n) is 2.18. The minimum Gasteiger partial charge on any atom is -0.348 e. The van der Waals surface area contributed by atoms with Crippen LogP contribution in [-0.2, 0) is 13.6 Å². The summed E-state index contributed by atoms with van der Waals surface area (Å²) in [4.78, 5) is 0. The summed E-state index contributed by atoms with van der Waals surface area (Å²) in [6.07, 6.45) is 8.57. The molecule has 0 bridgehead atoms. The van der Waals surface area contributed by atoms with Crippen molar-refractivity contribution in [2.24, 2.45) is 7.05 Å². The Morgan fingerprint density at radius 2 is 2.22 bits per heavy atom. The van der Waals surface area contributed by atoms with Gasteiger partial charge in [0.05, 0.1) is 6.54 Å². The molecule has 1 unspecified atom stereocenters. The standard InChI is InChI=1S/C13H21N5/c1-4-5-13(14-2)11-6-7-18(8-11)10-12-9-17(3)16-15-12/h6-9,13-14H,4-5,10H2,1-3H3. The highest BCUT2D eigenvalue weighted by Crippen LogP contribution is 2.18. The van der Waals surface area contributed by atoms with Gasteiger partial charge in [0.15, 0.2) is 0 Å². The molecule has 0 aliphatic carbocycles. The first kappa shape index (κ1) is 12.8. The smallest absolute Gasteiger partial charge is 0.102 e. The quantitative estimate of drug-likeness (QED) is 0.845. The van der Waals surface area contributed by atoms with E-state index in [4.69, 9.17) is 0 Å². The van der Waals surface area contributed by atoms with Crippen molar-refractivity contribution in [3.05, 3.63) is 35.9 Å². The number of rotatable bonds is 6. The first-order chi connectivity index (χ1) is 8.72. The van der Waals surface area contributed by atoms with Crippen molar-refractivity contribution in [3.63, 3.8) is 0 Å². The van der Waals surface area contributed by atoms with Crippen LogP contribution in [-0.4, -0.2) is 26.6 Å². The molecule has 18 heavy (non-hydrogen) atoms. The van der Waals surface area contributed by atoms with E-state index in [2.05, 4.69) is 45.6 Å². The van der Waals surface area contributed by atoms with Gasteiger partial charge >= 0.3 is 0 Å². The molecule has 2 rings (SSSR count). The molecule has 0 aromatic carbocycles. The van der Waals surface area contributed by atoms with Crippen LogP contribution in [0.3, 0.4) is 0 Å². The van der Waals surface area contributed by atoms with Crippen LogP contribution >= 0.6 is 0 Å². The lowest BCUT2D eigenvalue weighted by Gasteiger charge is -2.13. The predicted molar refractivity (Wildman–Crippen MR) is 71.2 cm³/mol. The second-order valence-electron chi connectivity index (χ2n) is 4.63. The van der Waals surface area contributed by atoms with Crippen LogP contribution < -0.4 is 5.32 Å². The Labute approximate surface area is 108 Å². The first-order valence-electron chi connectivity index (χ1n) is 6.41. The highest BCUT2D eigenvalue weighted by Gasteiger charge is 2.09. The molecular formula is C13H21N5. The molecule has 1 N–H and O–H groups in total. The van der Waals surface area contributed by atoms with Gasteiger partial charge in [-0.15, -0.1) is 5.10 Å². The molecule has 0 radical (unpaired) electrons. The van der Waals surface area contributed by atoms with Gasteiger partial charge < -0.3 is 9.88 Å². The van der Waals surface area contributed by atoms with Gasteiger partial charge in [-0.1, -0.05) is 18.6 Å². The molecule has 0 fully saturated rings. The van der Waals surface area contributed by atoms with E-state index >= 15 is 0 Å². The summed E-state index contributed by atoms with van der Waals surface area (Å²) in [7, 11) is 3.90. The minimum atomic E-state index is 0.443. The molecule has 2 aromatic rings. The average molecular weight is 247 g/mol. The van der Waals surface area contributed by atoms with E-state index in [0.717, 1.165) is 18.7 Å². The molecule has 0 aliphatic rings. The molecule has 0 amide bonds. The summed E-state index contributed by atoms with van der Waals surface area (Å²) in [5.41, 5.74) is 2.32. The summed E-state index contributed by atoms with van der Waals surface area (Å²) in [6.45, 7) is 2.98. The van der Waals surface area contributed by atoms with Crippen LogP contribution in [0.15, 0.2) is 24.7 Å². The molecular weight excluding hydrogens is 226 g/mol. The zero-order valence-electron chi connectivity index (χ0n) is 11.3. The topological polar surface area (TPSA) is 47.7 Å². The van der Waals surface area contributed by atoms with Crippen molar-refractivity contribution in [2.75, 3.05) is 7.05 Å². The number of aryl methyl sites for hydroxylation is 1. The van der Waals surface area contributed by atoms with Gasteiger partial charge in [-0.25, -0.2) is 0 Å². The summed E-state index contributed by atoms with van der Waals surface area (Å²) >= 11 is 0. The summed E-state index contributed by atoms with van der Waals surface area (Å²) < 4.78 is 3.88. The number of nitrogens with zero attached hydrogens (tertiary/aromatic N) is 4. The van der Waals surface area contributed by atoms with Gasteiger partial charge in [-0.3, -0.25) is 4.68 Å². The summed E-state index contributed by atoms with van der Waals surface area (Å²) in [5, 5.41) is 11.4. The zero-order chi connectivity index (χ0) is 13.0. The molecule has 98 valence electrons. The lowest BCUT2D eigenvalue weighted by molar-refractivity contribution is 0.540. The van der Waals surface area contributed by atoms with E-state index in [0.29, 0.717) is 6.04 Å². The second kappa shape index (κ2) is 5.82. The van der Waals surface area contributed by atoms with Crippen LogP contribution in [0.2, 0.25) is 0 Å². The van der Waals surface area contributed by atoms with E-state index in [1.54, 1.807) is 4.68 Å². The number of hydrogen-bond donors (Lipinski definition) is 1. The van der Waals surface area contributed by atoms with Crippen molar-refractivity contribution in [1.29, 1.82) is 0 Å². The molecule has 2 aromatic heterocycles. The monoisotopic (exact) mass is 247 g/mol. The molecule has 5 nitrogen and oxygen atoms in total. The Morgan fingerprint density at radius 1 is 1.39 bits per heavy atom. The molecule has 0 spiro atoms. The van der Waals surface area contributed by atoms with E-state index < -0.39 is 0 Å². The molecule has 0 saturated carbocycles. The van der Waals surface area contributed by atoms with Crippen LogP contribution in [0.4, 0.5) is 0 Å². The minimum absolute atomic E-state index is 0.443. The van der Waals surface area contributed by atoms with Crippen LogP contribution in [0.1, 0.15) is 37.1 Å². The zero-order valence-corrected chi connectivity index (χ0v) is 11.3. The van der Waals surface area contributed by atoms with E-state index in [-0.39, 0.29) is 0 Å². The van der Waals surface area contributed by atoms with E-state index in [1.807, 2.05) is 20.3 Å². The lowest BCUT2D eigenvalue weighted by Crippen LogP contribution is -2.15. The molecule has 2 heterocycles. The Balaban J connectivity index is 2.05. The van der Waals surface area contributed by atoms with Crippen LogP contribution in [0, 0.1) is 0 Å². The molecule has 0 aliphatic heterocycles. The Bertz CT molecular complexity index is 485. The Morgan fingerprint density at radius 3 is 2.83 bits per heavy atom. The molecule has 1 atom stereocenters. The fraction of sp³-hybridized carbons (Fsp3) is 0.538. The van der Waals surface area contributed by atoms with Gasteiger partial charge in [0.1, 0.15) is 5.69 Å². The lowest BCUT2D eigenvalue weighted by atomic mass is 10.1. The van der Waals surface area contributed by atoms with Crippen molar-refractivity contribution in [1.82, 2.24) is 24.9 Å². The third-order valence-corrected chi connectivity index (χ3v) is 3.10. The van der Waals surface area contributed by atoms with Gasteiger partial charge in [-0.2, -0.15) is 0 Å². The maximum atomic E-state index is 4.10. The number of aromatic nitrogens is 4. The fourth-order valence-corrected chi connectivity index (χ4v) is 2.18. The van der Waals surface area contributed by atoms with Crippen LogP contribution in [0.5, 0.6) is 0 Å².